The number of carboxylic acid groups (broad SMARTS) is 1. The van der Waals surface area contributed by atoms with Crippen molar-refractivity contribution in [1.82, 2.24) is 5.32 Å². The van der Waals surface area contributed by atoms with Crippen LogP contribution in [0.25, 0.3) is 22.3 Å². The molecule has 3 aromatic carbocycles. The molecule has 208 valence electrons. The van der Waals surface area contributed by atoms with Crippen LogP contribution in [-0.4, -0.2) is 35.9 Å². The summed E-state index contributed by atoms with van der Waals surface area (Å²) < 4.78 is 6.35. The number of aromatic carboxylic acids is 1. The molecule has 5 nitrogen and oxygen atoms in total. The van der Waals surface area contributed by atoms with Gasteiger partial charge in [0.1, 0.15) is 17.1 Å². The Morgan fingerprint density at radius 1 is 0.846 bits per heavy atom. The van der Waals surface area contributed by atoms with E-state index in [2.05, 4.69) is 64.2 Å². The predicted octanol–water partition coefficient (Wildman–Crippen LogP) is 7.93. The first-order chi connectivity index (χ1) is 18.5. The zero-order valence-corrected chi connectivity index (χ0v) is 24.1. The normalized spacial score (nSPS) is 15.5. The molecule has 1 aliphatic rings. The van der Waals surface area contributed by atoms with Crippen LogP contribution in [0.5, 0.6) is 11.5 Å². The van der Waals surface area contributed by atoms with E-state index in [9.17, 15) is 15.0 Å². The van der Waals surface area contributed by atoms with Crippen molar-refractivity contribution in [2.24, 2.45) is 0 Å². The van der Waals surface area contributed by atoms with Gasteiger partial charge in [0.15, 0.2) is 0 Å². The van der Waals surface area contributed by atoms with Gasteiger partial charge in [0.2, 0.25) is 0 Å². The molecule has 1 aliphatic carbocycles. The summed E-state index contributed by atoms with van der Waals surface area (Å²) in [6.07, 6.45) is 5.47. The maximum Gasteiger partial charge on any atom is 0.339 e. The van der Waals surface area contributed by atoms with Crippen molar-refractivity contribution in [3.63, 3.8) is 0 Å². The number of nitrogens with one attached hydrogen (secondary N) is 1. The number of carboxylic acids is 1. The number of rotatable bonds is 11. The van der Waals surface area contributed by atoms with Gasteiger partial charge in [-0.2, -0.15) is 0 Å². The average molecular weight is 530 g/mol. The molecule has 0 bridgehead atoms. The number of hydrogen-bond donors (Lipinski definition) is 3. The Labute approximate surface area is 233 Å². The Morgan fingerprint density at radius 2 is 1.51 bits per heavy atom. The summed E-state index contributed by atoms with van der Waals surface area (Å²) in [6.45, 7) is 14.2. The van der Waals surface area contributed by atoms with Crippen LogP contribution in [0.4, 0.5) is 0 Å². The van der Waals surface area contributed by atoms with Gasteiger partial charge in [0.25, 0.3) is 0 Å². The third kappa shape index (κ3) is 6.47. The highest BCUT2D eigenvalue weighted by molar-refractivity contribution is 5.92. The molecule has 5 heteroatoms. The van der Waals surface area contributed by atoms with Crippen molar-refractivity contribution in [2.75, 3.05) is 19.7 Å². The fraction of sp³-hybridized carbons (Fsp3) is 0.441. The van der Waals surface area contributed by atoms with Crippen LogP contribution < -0.4 is 10.1 Å². The SMILES string of the molecule is CCCNCCCCOc1ccc(-c2ccc(C(=O)O)c(O)c2)cc1-c1ccc2c(c1)C(C)(C)CCC2(C)C. The number of fused-ring (bicyclic) bond motifs is 1. The van der Waals surface area contributed by atoms with Gasteiger partial charge in [0, 0.05) is 5.56 Å². The maximum absolute atomic E-state index is 11.4. The van der Waals surface area contributed by atoms with Gasteiger partial charge in [-0.3, -0.25) is 0 Å². The number of benzene rings is 3. The minimum absolute atomic E-state index is 0.0867. The van der Waals surface area contributed by atoms with E-state index in [-0.39, 0.29) is 22.1 Å². The van der Waals surface area contributed by atoms with Crippen LogP contribution in [0.2, 0.25) is 0 Å². The maximum atomic E-state index is 11.4. The molecule has 0 saturated heterocycles. The molecule has 0 aromatic heterocycles. The topological polar surface area (TPSA) is 78.8 Å². The van der Waals surface area contributed by atoms with Gasteiger partial charge < -0.3 is 20.3 Å². The fourth-order valence-electron chi connectivity index (χ4n) is 5.55. The van der Waals surface area contributed by atoms with Gasteiger partial charge in [-0.25, -0.2) is 4.79 Å². The average Bonchev–Trinajstić information content (AvgIpc) is 2.90. The van der Waals surface area contributed by atoms with Crippen LogP contribution in [0.3, 0.4) is 0 Å². The Hall–Kier alpha value is -3.31. The summed E-state index contributed by atoms with van der Waals surface area (Å²) in [6, 6.07) is 17.6. The lowest BCUT2D eigenvalue weighted by atomic mass is 9.63. The number of ether oxygens (including phenoxy) is 1. The summed E-state index contributed by atoms with van der Waals surface area (Å²) in [4.78, 5) is 11.4. The number of aromatic hydroxyl groups is 1. The Morgan fingerprint density at radius 3 is 2.21 bits per heavy atom. The van der Waals surface area contributed by atoms with Gasteiger partial charge >= 0.3 is 5.97 Å². The third-order valence-electron chi connectivity index (χ3n) is 8.14. The van der Waals surface area contributed by atoms with Gasteiger partial charge in [-0.1, -0.05) is 65.0 Å². The molecule has 3 N–H and O–H groups in total. The van der Waals surface area contributed by atoms with Gasteiger partial charge in [0.05, 0.1) is 6.61 Å². The highest BCUT2D eigenvalue weighted by atomic mass is 16.5. The first-order valence-electron chi connectivity index (χ1n) is 14.2. The lowest BCUT2D eigenvalue weighted by molar-refractivity contribution is 0.0693. The Kier molecular flexibility index (Phi) is 8.70. The second kappa shape index (κ2) is 11.8. The van der Waals surface area contributed by atoms with Crippen molar-refractivity contribution < 1.29 is 19.7 Å². The molecule has 0 saturated carbocycles. The first-order valence-corrected chi connectivity index (χ1v) is 14.2. The number of phenols is 1. The highest BCUT2D eigenvalue weighted by Gasteiger charge is 2.37. The minimum Gasteiger partial charge on any atom is -0.507 e. The quantitative estimate of drug-likeness (QED) is 0.220. The van der Waals surface area contributed by atoms with Crippen molar-refractivity contribution in [3.05, 3.63) is 71.3 Å². The second-order valence-electron chi connectivity index (χ2n) is 12.1. The van der Waals surface area contributed by atoms with E-state index in [4.69, 9.17) is 4.74 Å². The van der Waals surface area contributed by atoms with Crippen LogP contribution >= 0.6 is 0 Å². The smallest absolute Gasteiger partial charge is 0.339 e. The van der Waals surface area contributed by atoms with E-state index in [1.54, 1.807) is 6.07 Å². The van der Waals surface area contributed by atoms with Gasteiger partial charge in [-0.05, 0) is 108 Å². The second-order valence-corrected chi connectivity index (χ2v) is 12.1. The van der Waals surface area contributed by atoms with Crippen molar-refractivity contribution in [2.45, 2.75) is 77.6 Å². The zero-order valence-electron chi connectivity index (χ0n) is 24.1. The standard InChI is InChI=1S/C34H43NO4/c1-6-17-35-18-7-8-19-39-31-14-11-23(24-9-12-26(32(37)38)30(36)22-24)20-27(31)25-10-13-28-29(21-25)34(4,5)16-15-33(28,2)3/h9-14,20-22,35-36H,6-8,15-19H2,1-5H3,(H,37,38). The van der Waals surface area contributed by atoms with Crippen molar-refractivity contribution in [1.29, 1.82) is 0 Å². The molecule has 0 fully saturated rings. The minimum atomic E-state index is -1.15. The predicted molar refractivity (Wildman–Crippen MR) is 159 cm³/mol. The monoisotopic (exact) mass is 529 g/mol. The van der Waals surface area contributed by atoms with E-state index in [0.29, 0.717) is 6.61 Å². The lowest BCUT2D eigenvalue weighted by Crippen LogP contribution is -2.33. The van der Waals surface area contributed by atoms with E-state index in [0.717, 1.165) is 66.8 Å². The van der Waals surface area contributed by atoms with Crippen molar-refractivity contribution >= 4 is 5.97 Å². The summed E-state index contributed by atoms with van der Waals surface area (Å²) >= 11 is 0. The number of carbonyl (C=O) groups is 1. The number of unbranched alkanes of at least 4 members (excludes halogenated alkanes) is 1. The molecule has 0 spiro atoms. The molecule has 0 amide bonds. The molecule has 0 heterocycles. The van der Waals surface area contributed by atoms with E-state index in [1.807, 2.05) is 12.1 Å². The molecule has 0 aliphatic heterocycles. The van der Waals surface area contributed by atoms with Crippen LogP contribution in [-0.2, 0) is 10.8 Å². The molecule has 0 radical (unpaired) electrons. The highest BCUT2D eigenvalue weighted by Crippen LogP contribution is 2.47. The van der Waals surface area contributed by atoms with E-state index in [1.165, 1.54) is 29.7 Å². The summed E-state index contributed by atoms with van der Waals surface area (Å²) in [5, 5.41) is 23.1. The van der Waals surface area contributed by atoms with Crippen LogP contribution in [0, 0.1) is 0 Å². The largest absolute Gasteiger partial charge is 0.507 e. The molecule has 3 aromatic rings. The van der Waals surface area contributed by atoms with Crippen LogP contribution in [0.15, 0.2) is 54.6 Å². The van der Waals surface area contributed by atoms with Crippen molar-refractivity contribution in [3.8, 4) is 33.8 Å². The fourth-order valence-corrected chi connectivity index (χ4v) is 5.55. The summed E-state index contributed by atoms with van der Waals surface area (Å²) in [7, 11) is 0. The third-order valence-corrected chi connectivity index (χ3v) is 8.14. The Bertz CT molecular complexity index is 1320. The Balaban J connectivity index is 1.71. The van der Waals surface area contributed by atoms with E-state index < -0.39 is 5.97 Å². The van der Waals surface area contributed by atoms with E-state index >= 15 is 0 Å². The lowest BCUT2D eigenvalue weighted by Gasteiger charge is -2.42. The molecule has 39 heavy (non-hydrogen) atoms. The molecule has 0 atom stereocenters. The summed E-state index contributed by atoms with van der Waals surface area (Å²) in [5.41, 5.74) is 6.67. The van der Waals surface area contributed by atoms with Crippen LogP contribution in [0.1, 0.15) is 88.2 Å². The molecule has 0 unspecified atom stereocenters. The molecular weight excluding hydrogens is 486 g/mol. The zero-order chi connectivity index (χ0) is 28.2. The molecule has 4 rings (SSSR count). The first kappa shape index (κ1) is 28.7. The molecular formula is C34H43NO4. The number of hydrogen-bond acceptors (Lipinski definition) is 4. The summed E-state index contributed by atoms with van der Waals surface area (Å²) in [5.74, 6) is -0.552. The van der Waals surface area contributed by atoms with Gasteiger partial charge in [-0.15, -0.1) is 0 Å².